The zero-order chi connectivity index (χ0) is 12.3. The maximum atomic E-state index is 12.4. The van der Waals surface area contributed by atoms with Crippen LogP contribution in [-0.4, -0.2) is 11.0 Å². The quantitative estimate of drug-likeness (QED) is 0.870. The van der Waals surface area contributed by atoms with Crippen LogP contribution in [-0.2, 0) is 6.18 Å². The van der Waals surface area contributed by atoms with Gasteiger partial charge in [0.15, 0.2) is 0 Å². The van der Waals surface area contributed by atoms with Crippen molar-refractivity contribution in [2.75, 3.05) is 0 Å². The van der Waals surface area contributed by atoms with Crippen molar-refractivity contribution in [1.29, 1.82) is 0 Å². The summed E-state index contributed by atoms with van der Waals surface area (Å²) in [5.74, 6) is -0.137. The van der Waals surface area contributed by atoms with Crippen LogP contribution in [0.15, 0.2) is 18.2 Å². The highest BCUT2D eigenvalue weighted by atomic mass is 19.4. The predicted molar refractivity (Wildman–Crippen MR) is 55.9 cm³/mol. The summed E-state index contributed by atoms with van der Waals surface area (Å²) < 4.78 is 37.3. The van der Waals surface area contributed by atoms with E-state index in [0.717, 1.165) is 6.07 Å². The van der Waals surface area contributed by atoms with Crippen molar-refractivity contribution in [2.24, 2.45) is 5.73 Å². The summed E-state index contributed by atoms with van der Waals surface area (Å²) in [5.41, 5.74) is 5.27. The maximum Gasteiger partial charge on any atom is 0.433 e. The first-order chi connectivity index (χ1) is 7.36. The van der Waals surface area contributed by atoms with Crippen LogP contribution in [0.4, 0.5) is 13.2 Å². The van der Waals surface area contributed by atoms with Crippen molar-refractivity contribution in [3.8, 4) is 0 Å². The van der Waals surface area contributed by atoms with Gasteiger partial charge < -0.3 is 5.73 Å². The molecule has 0 aliphatic carbocycles. The van der Waals surface area contributed by atoms with Crippen molar-refractivity contribution >= 4 is 0 Å². The molecular weight excluding hydrogens is 217 g/mol. The second-order valence-corrected chi connectivity index (χ2v) is 3.82. The molecular formula is C11H15F3N2. The Bertz CT molecular complexity index is 347. The third kappa shape index (κ3) is 2.95. The number of rotatable bonds is 3. The van der Waals surface area contributed by atoms with Gasteiger partial charge in [-0.15, -0.1) is 0 Å². The van der Waals surface area contributed by atoms with Crippen LogP contribution in [0, 0.1) is 0 Å². The molecule has 0 radical (unpaired) electrons. The molecule has 90 valence electrons. The van der Waals surface area contributed by atoms with E-state index in [9.17, 15) is 13.2 Å². The van der Waals surface area contributed by atoms with Crippen molar-refractivity contribution in [2.45, 2.75) is 38.4 Å². The normalized spacial score (nSPS) is 15.9. The molecule has 2 unspecified atom stereocenters. The monoisotopic (exact) mass is 232 g/mol. The lowest BCUT2D eigenvalue weighted by Crippen LogP contribution is -2.25. The van der Waals surface area contributed by atoms with Gasteiger partial charge in [0.1, 0.15) is 5.69 Å². The fourth-order valence-corrected chi connectivity index (χ4v) is 1.67. The van der Waals surface area contributed by atoms with Gasteiger partial charge in [-0.2, -0.15) is 13.2 Å². The summed E-state index contributed by atoms with van der Waals surface area (Å²) in [5, 5.41) is 0. The molecule has 0 saturated carbocycles. The Morgan fingerprint density at radius 2 is 2.00 bits per heavy atom. The standard InChI is InChI=1S/C11H15F3N2/c1-3-8(7(2)15)9-5-4-6-10(16-9)11(12,13)14/h4-8H,3,15H2,1-2H3. The Labute approximate surface area is 92.7 Å². The van der Waals surface area contributed by atoms with Crippen molar-refractivity contribution < 1.29 is 13.2 Å². The largest absolute Gasteiger partial charge is 0.433 e. The Hall–Kier alpha value is -1.10. The lowest BCUT2D eigenvalue weighted by molar-refractivity contribution is -0.141. The predicted octanol–water partition coefficient (Wildman–Crippen LogP) is 2.94. The fraction of sp³-hybridized carbons (Fsp3) is 0.545. The van der Waals surface area contributed by atoms with E-state index in [4.69, 9.17) is 5.73 Å². The van der Waals surface area contributed by atoms with Gasteiger partial charge in [-0.25, -0.2) is 4.98 Å². The molecule has 0 aromatic carbocycles. The average Bonchev–Trinajstić information content (AvgIpc) is 2.17. The van der Waals surface area contributed by atoms with Gasteiger partial charge in [-0.1, -0.05) is 13.0 Å². The summed E-state index contributed by atoms with van der Waals surface area (Å²) in [4.78, 5) is 3.63. The highest BCUT2D eigenvalue weighted by molar-refractivity contribution is 5.17. The van der Waals surface area contributed by atoms with Crippen LogP contribution in [0.2, 0.25) is 0 Å². The first-order valence-corrected chi connectivity index (χ1v) is 5.16. The molecule has 1 aromatic heterocycles. The maximum absolute atomic E-state index is 12.4. The molecule has 0 saturated heterocycles. The number of nitrogens with zero attached hydrogens (tertiary/aromatic N) is 1. The Kier molecular flexibility index (Phi) is 3.91. The summed E-state index contributed by atoms with van der Waals surface area (Å²) in [6, 6.07) is 3.72. The molecule has 2 N–H and O–H groups in total. The molecule has 2 nitrogen and oxygen atoms in total. The minimum Gasteiger partial charge on any atom is -0.327 e. The van der Waals surface area contributed by atoms with Gasteiger partial charge in [0.05, 0.1) is 0 Å². The first-order valence-electron chi connectivity index (χ1n) is 5.16. The molecule has 1 heterocycles. The molecule has 0 spiro atoms. The van der Waals surface area contributed by atoms with E-state index < -0.39 is 11.9 Å². The Morgan fingerprint density at radius 1 is 1.38 bits per heavy atom. The minimum atomic E-state index is -4.40. The van der Waals surface area contributed by atoms with E-state index >= 15 is 0 Å². The van der Waals surface area contributed by atoms with Crippen LogP contribution in [0.25, 0.3) is 0 Å². The van der Waals surface area contributed by atoms with Crippen molar-refractivity contribution in [1.82, 2.24) is 4.98 Å². The summed E-state index contributed by atoms with van der Waals surface area (Å²) >= 11 is 0. The van der Waals surface area contributed by atoms with Gasteiger partial charge >= 0.3 is 6.18 Å². The van der Waals surface area contributed by atoms with E-state index in [1.807, 2.05) is 6.92 Å². The summed E-state index contributed by atoms with van der Waals surface area (Å²) in [7, 11) is 0. The van der Waals surface area contributed by atoms with E-state index in [1.165, 1.54) is 6.07 Å². The number of halogens is 3. The third-order valence-electron chi connectivity index (χ3n) is 2.52. The Morgan fingerprint density at radius 3 is 2.44 bits per heavy atom. The zero-order valence-electron chi connectivity index (χ0n) is 9.25. The topological polar surface area (TPSA) is 38.9 Å². The molecule has 0 fully saturated rings. The zero-order valence-corrected chi connectivity index (χ0v) is 9.25. The van der Waals surface area contributed by atoms with Gasteiger partial charge in [-0.05, 0) is 25.5 Å². The van der Waals surface area contributed by atoms with Crippen molar-refractivity contribution in [3.05, 3.63) is 29.6 Å². The van der Waals surface area contributed by atoms with Gasteiger partial charge in [0.2, 0.25) is 0 Å². The average molecular weight is 232 g/mol. The SMILES string of the molecule is CCC(c1cccc(C(F)(F)F)n1)C(C)N. The van der Waals surface area contributed by atoms with Crippen LogP contribution in [0.5, 0.6) is 0 Å². The highest BCUT2D eigenvalue weighted by Crippen LogP contribution is 2.29. The minimum absolute atomic E-state index is 0.137. The van der Waals surface area contributed by atoms with Gasteiger partial charge in [0.25, 0.3) is 0 Å². The molecule has 0 amide bonds. The molecule has 16 heavy (non-hydrogen) atoms. The second-order valence-electron chi connectivity index (χ2n) is 3.82. The molecule has 1 aromatic rings. The van der Waals surface area contributed by atoms with E-state index in [2.05, 4.69) is 4.98 Å². The smallest absolute Gasteiger partial charge is 0.327 e. The number of nitrogens with two attached hydrogens (primary N) is 1. The van der Waals surface area contributed by atoms with Crippen molar-refractivity contribution in [3.63, 3.8) is 0 Å². The van der Waals surface area contributed by atoms with Gasteiger partial charge in [0, 0.05) is 17.7 Å². The number of alkyl halides is 3. The van der Waals surface area contributed by atoms with Crippen LogP contribution in [0.1, 0.15) is 37.6 Å². The number of pyridine rings is 1. The van der Waals surface area contributed by atoms with Crippen LogP contribution in [0.3, 0.4) is 0 Å². The molecule has 0 aliphatic heterocycles. The lowest BCUT2D eigenvalue weighted by Gasteiger charge is -2.19. The first kappa shape index (κ1) is 13.0. The summed E-state index contributed by atoms with van der Waals surface area (Å²) in [6.07, 6.45) is -3.72. The molecule has 2 atom stereocenters. The third-order valence-corrected chi connectivity index (χ3v) is 2.52. The van der Waals surface area contributed by atoms with E-state index in [0.29, 0.717) is 12.1 Å². The Balaban J connectivity index is 3.07. The second kappa shape index (κ2) is 4.82. The van der Waals surface area contributed by atoms with E-state index in [-0.39, 0.29) is 12.0 Å². The number of hydrogen-bond donors (Lipinski definition) is 1. The van der Waals surface area contributed by atoms with E-state index in [1.54, 1.807) is 13.0 Å². The van der Waals surface area contributed by atoms with Crippen LogP contribution < -0.4 is 5.73 Å². The summed E-state index contributed by atoms with van der Waals surface area (Å²) in [6.45, 7) is 3.66. The molecule has 0 aliphatic rings. The lowest BCUT2D eigenvalue weighted by atomic mass is 9.94. The number of aromatic nitrogens is 1. The number of hydrogen-bond acceptors (Lipinski definition) is 2. The molecule has 0 bridgehead atoms. The fourth-order valence-electron chi connectivity index (χ4n) is 1.67. The molecule has 5 heteroatoms. The van der Waals surface area contributed by atoms with Gasteiger partial charge in [-0.3, -0.25) is 0 Å². The highest BCUT2D eigenvalue weighted by Gasteiger charge is 2.33. The molecule has 1 rings (SSSR count). The van der Waals surface area contributed by atoms with Crippen LogP contribution >= 0.6 is 0 Å².